The van der Waals surface area contributed by atoms with Crippen molar-refractivity contribution in [3.05, 3.63) is 42.5 Å². The quantitative estimate of drug-likeness (QED) is 0.813. The van der Waals surface area contributed by atoms with Crippen LogP contribution in [0.3, 0.4) is 0 Å². The van der Waals surface area contributed by atoms with Gasteiger partial charge in [0.15, 0.2) is 0 Å². The van der Waals surface area contributed by atoms with Gasteiger partial charge < -0.3 is 10.5 Å². The van der Waals surface area contributed by atoms with Crippen LogP contribution in [0.4, 0.5) is 0 Å². The third-order valence-electron chi connectivity index (χ3n) is 4.93. The smallest absolute Gasteiger partial charge is 0.127 e. The Morgan fingerprint density at radius 2 is 1.74 bits per heavy atom. The van der Waals surface area contributed by atoms with Gasteiger partial charge in [0.1, 0.15) is 11.9 Å². The van der Waals surface area contributed by atoms with Gasteiger partial charge in [-0.1, -0.05) is 55.7 Å². The fourth-order valence-electron chi connectivity index (χ4n) is 3.79. The second-order valence-corrected chi connectivity index (χ2v) is 7.72. The second-order valence-electron chi connectivity index (χ2n) is 7.72. The molecule has 1 fully saturated rings. The summed E-state index contributed by atoms with van der Waals surface area (Å²) in [5.41, 5.74) is 6.13. The van der Waals surface area contributed by atoms with E-state index in [1.165, 1.54) is 42.9 Å². The number of ether oxygens (including phenoxy) is 1. The number of rotatable bonds is 5. The van der Waals surface area contributed by atoms with Crippen LogP contribution in [0, 0.1) is 5.92 Å². The van der Waals surface area contributed by atoms with Crippen LogP contribution in [-0.4, -0.2) is 11.6 Å². The Hall–Kier alpha value is -1.54. The maximum atomic E-state index is 6.56. The molecule has 0 radical (unpaired) electrons. The third kappa shape index (κ3) is 4.26. The van der Waals surface area contributed by atoms with Crippen molar-refractivity contribution < 1.29 is 4.74 Å². The molecule has 23 heavy (non-hydrogen) atoms. The lowest BCUT2D eigenvalue weighted by molar-refractivity contribution is 0.0841. The van der Waals surface area contributed by atoms with Crippen LogP contribution in [0.1, 0.15) is 52.4 Å². The van der Waals surface area contributed by atoms with Gasteiger partial charge >= 0.3 is 0 Å². The van der Waals surface area contributed by atoms with Crippen molar-refractivity contribution in [2.45, 2.75) is 64.0 Å². The zero-order valence-corrected chi connectivity index (χ0v) is 14.4. The van der Waals surface area contributed by atoms with Gasteiger partial charge in [-0.05, 0) is 44.1 Å². The number of nitrogens with two attached hydrogens (primary N) is 1. The molecule has 0 saturated heterocycles. The van der Waals surface area contributed by atoms with E-state index in [2.05, 4.69) is 56.3 Å². The van der Waals surface area contributed by atoms with Crippen molar-refractivity contribution in [1.29, 1.82) is 0 Å². The Morgan fingerprint density at radius 1 is 1.04 bits per heavy atom. The predicted molar refractivity (Wildman–Crippen MR) is 97.8 cm³/mol. The first-order chi connectivity index (χ1) is 11.0. The predicted octanol–water partition coefficient (Wildman–Crippen LogP) is 5.29. The number of benzene rings is 2. The maximum Gasteiger partial charge on any atom is 0.127 e. The molecule has 2 heteroatoms. The minimum absolute atomic E-state index is 0.202. The highest BCUT2D eigenvalue weighted by atomic mass is 16.5. The first-order valence-electron chi connectivity index (χ1n) is 8.96. The Kier molecular flexibility index (Phi) is 4.91. The lowest BCUT2D eigenvalue weighted by Crippen LogP contribution is -2.41. The average Bonchev–Trinajstić information content (AvgIpc) is 2.54. The molecular formula is C21H29NO. The highest BCUT2D eigenvalue weighted by molar-refractivity contribution is 5.88. The highest BCUT2D eigenvalue weighted by Gasteiger charge is 2.30. The number of hydrogen-bond donors (Lipinski definition) is 1. The van der Waals surface area contributed by atoms with Crippen molar-refractivity contribution in [2.75, 3.05) is 0 Å². The van der Waals surface area contributed by atoms with E-state index in [9.17, 15) is 0 Å². The molecule has 0 aromatic heterocycles. The molecule has 0 amide bonds. The van der Waals surface area contributed by atoms with Gasteiger partial charge in [0.2, 0.25) is 0 Å². The first kappa shape index (κ1) is 16.3. The van der Waals surface area contributed by atoms with Crippen LogP contribution in [0.15, 0.2) is 42.5 Å². The van der Waals surface area contributed by atoms with Crippen LogP contribution in [-0.2, 0) is 0 Å². The van der Waals surface area contributed by atoms with Crippen LogP contribution in [0.2, 0.25) is 0 Å². The van der Waals surface area contributed by atoms with Gasteiger partial charge in [-0.3, -0.25) is 0 Å². The van der Waals surface area contributed by atoms with Crippen LogP contribution >= 0.6 is 0 Å². The summed E-state index contributed by atoms with van der Waals surface area (Å²) in [6, 6.07) is 14.8. The molecule has 2 N–H and O–H groups in total. The standard InChI is InChI=1S/C21H29NO/c1-21(2,22)15-20(17-10-4-3-5-11-17)23-19-14-8-12-16-9-6-7-13-18(16)19/h6-9,12-14,17,20H,3-5,10-11,15,22H2,1-2H3. The normalized spacial score (nSPS) is 18.0. The minimum atomic E-state index is -0.202. The summed E-state index contributed by atoms with van der Waals surface area (Å²) >= 11 is 0. The van der Waals surface area contributed by atoms with Crippen LogP contribution in [0.25, 0.3) is 10.8 Å². The van der Waals surface area contributed by atoms with Crippen molar-refractivity contribution in [1.82, 2.24) is 0 Å². The van der Waals surface area contributed by atoms with Gasteiger partial charge in [0.05, 0.1) is 0 Å². The average molecular weight is 311 g/mol. The summed E-state index contributed by atoms with van der Waals surface area (Å²) < 4.78 is 6.56. The number of hydrogen-bond acceptors (Lipinski definition) is 2. The zero-order chi connectivity index (χ0) is 16.3. The zero-order valence-electron chi connectivity index (χ0n) is 14.4. The van der Waals surface area contributed by atoms with E-state index < -0.39 is 0 Å². The topological polar surface area (TPSA) is 35.2 Å². The highest BCUT2D eigenvalue weighted by Crippen LogP contribution is 2.34. The molecule has 2 aromatic rings. The fraction of sp³-hybridized carbons (Fsp3) is 0.524. The van der Waals surface area contributed by atoms with Crippen molar-refractivity contribution in [3.63, 3.8) is 0 Å². The molecule has 1 atom stereocenters. The van der Waals surface area contributed by atoms with E-state index in [1.54, 1.807) is 0 Å². The van der Waals surface area contributed by atoms with E-state index in [-0.39, 0.29) is 11.6 Å². The molecule has 3 rings (SSSR count). The van der Waals surface area contributed by atoms with E-state index in [1.807, 2.05) is 0 Å². The van der Waals surface area contributed by atoms with Crippen molar-refractivity contribution >= 4 is 10.8 Å². The molecule has 1 aliphatic rings. The summed E-state index contributed by atoms with van der Waals surface area (Å²) in [4.78, 5) is 0. The van der Waals surface area contributed by atoms with Gasteiger partial charge in [-0.15, -0.1) is 0 Å². The summed E-state index contributed by atoms with van der Waals surface area (Å²) in [5, 5.41) is 2.44. The SMILES string of the molecule is CC(C)(N)CC(Oc1cccc2ccccc12)C1CCCCC1. The minimum Gasteiger partial charge on any atom is -0.489 e. The third-order valence-corrected chi connectivity index (χ3v) is 4.93. The molecule has 1 saturated carbocycles. The Morgan fingerprint density at radius 3 is 2.48 bits per heavy atom. The molecule has 0 aliphatic heterocycles. The summed E-state index contributed by atoms with van der Waals surface area (Å²) in [7, 11) is 0. The van der Waals surface area contributed by atoms with Crippen molar-refractivity contribution in [3.8, 4) is 5.75 Å². The van der Waals surface area contributed by atoms with E-state index >= 15 is 0 Å². The second kappa shape index (κ2) is 6.92. The summed E-state index contributed by atoms with van der Waals surface area (Å²) in [5.74, 6) is 1.63. The summed E-state index contributed by atoms with van der Waals surface area (Å²) in [6.45, 7) is 4.21. The van der Waals surface area contributed by atoms with Gasteiger partial charge in [-0.25, -0.2) is 0 Å². The molecule has 2 nitrogen and oxygen atoms in total. The molecule has 0 bridgehead atoms. The Balaban J connectivity index is 1.87. The Bertz CT molecular complexity index is 632. The van der Waals surface area contributed by atoms with Crippen LogP contribution in [0.5, 0.6) is 5.75 Å². The van der Waals surface area contributed by atoms with Crippen molar-refractivity contribution in [2.24, 2.45) is 11.7 Å². The van der Waals surface area contributed by atoms with Crippen LogP contribution < -0.4 is 10.5 Å². The Labute approximate surface area is 140 Å². The first-order valence-corrected chi connectivity index (χ1v) is 8.96. The van der Waals surface area contributed by atoms with E-state index in [4.69, 9.17) is 10.5 Å². The fourth-order valence-corrected chi connectivity index (χ4v) is 3.79. The van der Waals surface area contributed by atoms with Gasteiger partial charge in [0.25, 0.3) is 0 Å². The monoisotopic (exact) mass is 311 g/mol. The number of fused-ring (bicyclic) bond motifs is 1. The molecule has 2 aromatic carbocycles. The lowest BCUT2D eigenvalue weighted by Gasteiger charge is -2.35. The molecule has 0 heterocycles. The van der Waals surface area contributed by atoms with Gasteiger partial charge in [-0.2, -0.15) is 0 Å². The molecular weight excluding hydrogens is 282 g/mol. The molecule has 1 unspecified atom stereocenters. The van der Waals surface area contributed by atoms with E-state index in [0.29, 0.717) is 5.92 Å². The summed E-state index contributed by atoms with van der Waals surface area (Å²) in [6.07, 6.45) is 7.67. The lowest BCUT2D eigenvalue weighted by atomic mass is 9.81. The molecule has 124 valence electrons. The maximum absolute atomic E-state index is 6.56. The van der Waals surface area contributed by atoms with E-state index in [0.717, 1.165) is 12.2 Å². The molecule has 1 aliphatic carbocycles. The van der Waals surface area contributed by atoms with Gasteiger partial charge in [0, 0.05) is 17.3 Å². The largest absolute Gasteiger partial charge is 0.489 e. The molecule has 0 spiro atoms.